The van der Waals surface area contributed by atoms with Gasteiger partial charge in [0.05, 0.1) is 23.8 Å². The molecule has 0 fully saturated rings. The van der Waals surface area contributed by atoms with Crippen LogP contribution < -0.4 is 5.32 Å². The van der Waals surface area contributed by atoms with E-state index in [1.54, 1.807) is 12.4 Å². The van der Waals surface area contributed by atoms with Gasteiger partial charge in [-0.15, -0.1) is 0 Å². The van der Waals surface area contributed by atoms with Crippen molar-refractivity contribution in [3.05, 3.63) is 28.9 Å². The number of nitrogens with zero attached hydrogens (tertiary/aromatic N) is 3. The Balaban J connectivity index is 1.90. The van der Waals surface area contributed by atoms with Crippen LogP contribution in [0.4, 0.5) is 0 Å². The Bertz CT molecular complexity index is 668. The maximum atomic E-state index is 11.0. The second kappa shape index (κ2) is 5.98. The summed E-state index contributed by atoms with van der Waals surface area (Å²) >= 11 is 3.32. The largest absolute Gasteiger partial charge is 0.311 e. The number of hydrogen-bond donors (Lipinski definition) is 1. The Morgan fingerprint density at radius 1 is 1.37 bits per heavy atom. The molecule has 0 atom stereocenters. The van der Waals surface area contributed by atoms with Crippen LogP contribution >= 0.6 is 15.9 Å². The molecule has 0 aliphatic heterocycles. The first-order valence-corrected chi connectivity index (χ1v) is 8.67. The molecule has 19 heavy (non-hydrogen) atoms. The number of fused-ring (bicyclic) bond motifs is 1. The van der Waals surface area contributed by atoms with Gasteiger partial charge in [0.1, 0.15) is 14.4 Å². The number of sulfone groups is 1. The van der Waals surface area contributed by atoms with Crippen LogP contribution in [0.15, 0.2) is 23.2 Å². The highest BCUT2D eigenvalue weighted by Gasteiger charge is 2.04. The lowest BCUT2D eigenvalue weighted by Gasteiger charge is -2.04. The molecule has 2 rings (SSSR count). The van der Waals surface area contributed by atoms with E-state index in [0.29, 0.717) is 19.5 Å². The molecule has 0 aliphatic carbocycles. The zero-order valence-corrected chi connectivity index (χ0v) is 12.9. The highest BCUT2D eigenvalue weighted by Crippen LogP contribution is 2.10. The summed E-state index contributed by atoms with van der Waals surface area (Å²) in [5.41, 5.74) is 1.80. The summed E-state index contributed by atoms with van der Waals surface area (Å²) in [4.78, 5) is 8.35. The Morgan fingerprint density at radius 2 is 2.16 bits per heavy atom. The van der Waals surface area contributed by atoms with Crippen molar-refractivity contribution in [2.45, 2.75) is 13.0 Å². The van der Waals surface area contributed by atoms with Crippen LogP contribution in [-0.4, -0.2) is 41.3 Å². The molecule has 0 saturated heterocycles. The summed E-state index contributed by atoms with van der Waals surface area (Å²) in [7, 11) is -2.87. The molecular formula is C11H15BrN4O2S. The fraction of sp³-hybridized carbons (Fsp3) is 0.455. The third kappa shape index (κ3) is 4.26. The van der Waals surface area contributed by atoms with Gasteiger partial charge < -0.3 is 5.32 Å². The van der Waals surface area contributed by atoms with Gasteiger partial charge in [-0.25, -0.2) is 18.4 Å². The monoisotopic (exact) mass is 346 g/mol. The SMILES string of the molecule is CS(=O)(=O)CCCNCc1cnc2cnc(Br)cn12. The molecule has 0 aliphatic rings. The number of halogens is 1. The number of hydrogen-bond acceptors (Lipinski definition) is 5. The molecule has 0 saturated carbocycles. The number of aromatic nitrogens is 3. The van der Waals surface area contributed by atoms with Crippen molar-refractivity contribution in [2.75, 3.05) is 18.6 Å². The van der Waals surface area contributed by atoms with Gasteiger partial charge >= 0.3 is 0 Å². The Hall–Kier alpha value is -0.990. The molecule has 0 radical (unpaired) electrons. The highest BCUT2D eigenvalue weighted by molar-refractivity contribution is 9.10. The van der Waals surface area contributed by atoms with Crippen molar-refractivity contribution in [1.82, 2.24) is 19.7 Å². The molecule has 2 aromatic rings. The van der Waals surface area contributed by atoms with Crippen molar-refractivity contribution in [3.8, 4) is 0 Å². The third-order valence-corrected chi connectivity index (χ3v) is 4.06. The summed E-state index contributed by atoms with van der Waals surface area (Å²) in [6, 6.07) is 0. The van der Waals surface area contributed by atoms with Crippen molar-refractivity contribution in [1.29, 1.82) is 0 Å². The predicted molar refractivity (Wildman–Crippen MR) is 76.7 cm³/mol. The maximum Gasteiger partial charge on any atom is 0.155 e. The van der Waals surface area contributed by atoms with Crippen LogP contribution in [-0.2, 0) is 16.4 Å². The van der Waals surface area contributed by atoms with E-state index in [9.17, 15) is 8.42 Å². The van der Waals surface area contributed by atoms with Gasteiger partial charge in [-0.3, -0.25) is 4.40 Å². The summed E-state index contributed by atoms with van der Waals surface area (Å²) in [5, 5.41) is 3.21. The van der Waals surface area contributed by atoms with E-state index in [1.165, 1.54) is 6.26 Å². The van der Waals surface area contributed by atoms with E-state index in [-0.39, 0.29) is 5.75 Å². The zero-order valence-electron chi connectivity index (χ0n) is 10.5. The summed E-state index contributed by atoms with van der Waals surface area (Å²) in [6.07, 6.45) is 7.20. The van der Waals surface area contributed by atoms with Gasteiger partial charge in [-0.2, -0.15) is 0 Å². The smallest absolute Gasteiger partial charge is 0.155 e. The second-order valence-electron chi connectivity index (χ2n) is 4.35. The molecule has 2 aromatic heterocycles. The average Bonchev–Trinajstić information content (AvgIpc) is 2.70. The lowest BCUT2D eigenvalue weighted by molar-refractivity contribution is 0.593. The number of imidazole rings is 1. The van der Waals surface area contributed by atoms with Crippen LogP contribution in [0.25, 0.3) is 5.65 Å². The molecule has 104 valence electrons. The fourth-order valence-electron chi connectivity index (χ4n) is 1.72. The van der Waals surface area contributed by atoms with E-state index >= 15 is 0 Å². The van der Waals surface area contributed by atoms with Crippen LogP contribution in [0.2, 0.25) is 0 Å². The van der Waals surface area contributed by atoms with Crippen LogP contribution in [0.1, 0.15) is 12.1 Å². The number of nitrogens with one attached hydrogen (secondary N) is 1. The van der Waals surface area contributed by atoms with Crippen LogP contribution in [0, 0.1) is 0 Å². The van der Waals surface area contributed by atoms with Gasteiger partial charge in [0.25, 0.3) is 0 Å². The average molecular weight is 347 g/mol. The first kappa shape index (κ1) is 14.4. The molecule has 0 spiro atoms. The molecule has 6 nitrogen and oxygen atoms in total. The molecule has 8 heteroatoms. The molecule has 0 bridgehead atoms. The quantitative estimate of drug-likeness (QED) is 0.790. The molecular weight excluding hydrogens is 332 g/mol. The van der Waals surface area contributed by atoms with Crippen molar-refractivity contribution >= 4 is 31.4 Å². The van der Waals surface area contributed by atoms with Crippen molar-refractivity contribution in [2.24, 2.45) is 0 Å². The summed E-state index contributed by atoms with van der Waals surface area (Å²) in [5.74, 6) is 0.211. The van der Waals surface area contributed by atoms with E-state index in [1.807, 2.05) is 10.6 Å². The number of rotatable bonds is 6. The van der Waals surface area contributed by atoms with Gasteiger partial charge in [-0.05, 0) is 28.9 Å². The van der Waals surface area contributed by atoms with Crippen LogP contribution in [0.5, 0.6) is 0 Å². The van der Waals surface area contributed by atoms with Crippen molar-refractivity contribution in [3.63, 3.8) is 0 Å². The van der Waals surface area contributed by atoms with E-state index in [4.69, 9.17) is 0 Å². The Kier molecular flexibility index (Phi) is 4.54. The molecule has 0 amide bonds. The zero-order chi connectivity index (χ0) is 13.9. The fourth-order valence-corrected chi connectivity index (χ4v) is 2.70. The van der Waals surface area contributed by atoms with Gasteiger partial charge in [0.15, 0.2) is 5.65 Å². The summed E-state index contributed by atoms with van der Waals surface area (Å²) < 4.78 is 24.7. The van der Waals surface area contributed by atoms with Gasteiger partial charge in [-0.1, -0.05) is 0 Å². The minimum absolute atomic E-state index is 0.211. The lowest BCUT2D eigenvalue weighted by Crippen LogP contribution is -2.18. The van der Waals surface area contributed by atoms with E-state index in [2.05, 4.69) is 31.2 Å². The minimum Gasteiger partial charge on any atom is -0.311 e. The first-order valence-electron chi connectivity index (χ1n) is 5.81. The molecule has 2 heterocycles. The predicted octanol–water partition coefficient (Wildman–Crippen LogP) is 1.02. The van der Waals surface area contributed by atoms with E-state index < -0.39 is 9.84 Å². The van der Waals surface area contributed by atoms with Crippen molar-refractivity contribution < 1.29 is 8.42 Å². The van der Waals surface area contributed by atoms with E-state index in [0.717, 1.165) is 15.9 Å². The topological polar surface area (TPSA) is 76.4 Å². The minimum atomic E-state index is -2.87. The highest BCUT2D eigenvalue weighted by atomic mass is 79.9. The maximum absolute atomic E-state index is 11.0. The van der Waals surface area contributed by atoms with Gasteiger partial charge in [0, 0.05) is 19.0 Å². The van der Waals surface area contributed by atoms with Gasteiger partial charge in [0.2, 0.25) is 0 Å². The molecule has 0 unspecified atom stereocenters. The summed E-state index contributed by atoms with van der Waals surface area (Å²) in [6.45, 7) is 1.30. The molecule has 1 N–H and O–H groups in total. The standard InChI is InChI=1S/C11H15BrN4O2S/c1-19(17,18)4-2-3-13-5-9-6-15-11-7-14-10(12)8-16(9)11/h6-8,13H,2-5H2,1H3. The first-order chi connectivity index (χ1) is 8.96. The Labute approximate surface area is 120 Å². The second-order valence-corrected chi connectivity index (χ2v) is 7.42. The van der Waals surface area contributed by atoms with Crippen LogP contribution in [0.3, 0.4) is 0 Å². The normalized spacial score (nSPS) is 12.1. The third-order valence-electron chi connectivity index (χ3n) is 2.62. The molecule has 0 aromatic carbocycles. The lowest BCUT2D eigenvalue weighted by atomic mass is 10.4. The Morgan fingerprint density at radius 3 is 2.89 bits per heavy atom.